The van der Waals surface area contributed by atoms with E-state index in [1.165, 1.54) is 0 Å². The highest BCUT2D eigenvalue weighted by Crippen LogP contribution is 2.27. The van der Waals surface area contributed by atoms with Gasteiger partial charge in [-0.2, -0.15) is 0 Å². The summed E-state index contributed by atoms with van der Waals surface area (Å²) in [5.74, 6) is 0.985. The van der Waals surface area contributed by atoms with Gasteiger partial charge in [0, 0.05) is 28.2 Å². The summed E-state index contributed by atoms with van der Waals surface area (Å²) in [6, 6.07) is 5.55. The average Bonchev–Trinajstić information content (AvgIpc) is 2.21. The first-order valence-corrected chi connectivity index (χ1v) is 4.76. The second-order valence-corrected chi connectivity index (χ2v) is 3.39. The van der Waals surface area contributed by atoms with E-state index in [1.807, 2.05) is 37.2 Å². The van der Waals surface area contributed by atoms with E-state index in [9.17, 15) is 5.11 Å². The molecule has 0 radical (unpaired) electrons. The van der Waals surface area contributed by atoms with Crippen LogP contribution in [0.2, 0.25) is 0 Å². The maximum Gasteiger partial charge on any atom is 0.149 e. The van der Waals surface area contributed by atoms with Crippen molar-refractivity contribution >= 4 is 11.5 Å². The number of nitrogens with one attached hydrogen (secondary N) is 1. The van der Waals surface area contributed by atoms with Gasteiger partial charge in [-0.25, -0.2) is 0 Å². The Morgan fingerprint density at radius 2 is 2.07 bits per heavy atom. The third-order valence-corrected chi connectivity index (χ3v) is 2.18. The molecule has 0 spiro atoms. The Hall–Kier alpha value is -1.71. The third-order valence-electron chi connectivity index (χ3n) is 2.18. The molecule has 0 aromatic heterocycles. The standard InChI is InChI=1S/C11H17N3O/c1-12-9-7-5-6-8(10(9)15)11(13-2)14(3)4/h5-7,12,15H,1-4H3/b13-11-. The molecule has 1 aromatic carbocycles. The van der Waals surface area contributed by atoms with Gasteiger partial charge in [0.2, 0.25) is 0 Å². The lowest BCUT2D eigenvalue weighted by Gasteiger charge is -2.17. The maximum absolute atomic E-state index is 9.97. The lowest BCUT2D eigenvalue weighted by molar-refractivity contribution is 0.474. The van der Waals surface area contributed by atoms with Crippen molar-refractivity contribution in [2.75, 3.05) is 33.5 Å². The van der Waals surface area contributed by atoms with Gasteiger partial charge in [-0.1, -0.05) is 6.07 Å². The molecule has 1 rings (SSSR count). The SMILES string of the molecule is C/N=C(/c1cccc(NC)c1O)N(C)C. The molecule has 1 aromatic rings. The topological polar surface area (TPSA) is 47.9 Å². The molecule has 0 unspecified atom stereocenters. The molecular weight excluding hydrogens is 190 g/mol. The van der Waals surface area contributed by atoms with Crippen LogP contribution in [-0.4, -0.2) is 44.0 Å². The molecule has 15 heavy (non-hydrogen) atoms. The molecule has 0 atom stereocenters. The first-order valence-electron chi connectivity index (χ1n) is 4.76. The number of phenolic OH excluding ortho intramolecular Hbond substituents is 1. The van der Waals surface area contributed by atoms with Crippen LogP contribution in [0.15, 0.2) is 23.2 Å². The first kappa shape index (κ1) is 11.4. The van der Waals surface area contributed by atoms with E-state index in [4.69, 9.17) is 0 Å². The molecule has 82 valence electrons. The normalized spacial score (nSPS) is 11.3. The zero-order valence-corrected chi connectivity index (χ0v) is 9.57. The summed E-state index contributed by atoms with van der Waals surface area (Å²) in [4.78, 5) is 6.02. The van der Waals surface area contributed by atoms with E-state index in [0.717, 1.165) is 11.4 Å². The van der Waals surface area contributed by atoms with Crippen molar-refractivity contribution in [3.05, 3.63) is 23.8 Å². The molecular formula is C11H17N3O. The molecule has 2 N–H and O–H groups in total. The summed E-state index contributed by atoms with van der Waals surface area (Å²) >= 11 is 0. The van der Waals surface area contributed by atoms with Gasteiger partial charge in [-0.15, -0.1) is 0 Å². The molecule has 0 heterocycles. The number of hydrogen-bond acceptors (Lipinski definition) is 3. The Labute approximate surface area is 90.3 Å². The molecule has 0 fully saturated rings. The lowest BCUT2D eigenvalue weighted by Crippen LogP contribution is -2.23. The number of nitrogens with zero attached hydrogens (tertiary/aromatic N) is 2. The van der Waals surface area contributed by atoms with Gasteiger partial charge in [0.15, 0.2) is 0 Å². The number of anilines is 1. The Balaban J connectivity index is 3.25. The fourth-order valence-electron chi connectivity index (χ4n) is 1.49. The second kappa shape index (κ2) is 4.68. The highest BCUT2D eigenvalue weighted by molar-refractivity contribution is 6.02. The van der Waals surface area contributed by atoms with E-state index in [0.29, 0.717) is 5.69 Å². The van der Waals surface area contributed by atoms with Gasteiger partial charge in [0.1, 0.15) is 11.6 Å². The van der Waals surface area contributed by atoms with Crippen molar-refractivity contribution in [3.8, 4) is 5.75 Å². The lowest BCUT2D eigenvalue weighted by atomic mass is 10.1. The monoisotopic (exact) mass is 207 g/mol. The van der Waals surface area contributed by atoms with E-state index in [1.54, 1.807) is 14.1 Å². The fourth-order valence-corrected chi connectivity index (χ4v) is 1.49. The second-order valence-electron chi connectivity index (χ2n) is 3.39. The minimum absolute atomic E-state index is 0.231. The predicted octanol–water partition coefficient (Wildman–Crippen LogP) is 1.37. The van der Waals surface area contributed by atoms with Crippen molar-refractivity contribution in [1.82, 2.24) is 4.90 Å². The van der Waals surface area contributed by atoms with E-state index in [-0.39, 0.29) is 5.75 Å². The zero-order valence-electron chi connectivity index (χ0n) is 9.57. The minimum atomic E-state index is 0.231. The summed E-state index contributed by atoms with van der Waals surface area (Å²) < 4.78 is 0. The molecule has 0 aliphatic heterocycles. The molecule has 0 amide bonds. The van der Waals surface area contributed by atoms with Crippen molar-refractivity contribution in [2.24, 2.45) is 4.99 Å². The number of aromatic hydroxyl groups is 1. The van der Waals surface area contributed by atoms with Gasteiger partial charge in [0.05, 0.1) is 11.3 Å². The Bertz CT molecular complexity index is 372. The van der Waals surface area contributed by atoms with Crippen LogP contribution in [0.1, 0.15) is 5.56 Å². The van der Waals surface area contributed by atoms with E-state index < -0.39 is 0 Å². The van der Waals surface area contributed by atoms with Crippen LogP contribution in [0.5, 0.6) is 5.75 Å². The zero-order chi connectivity index (χ0) is 11.4. The Morgan fingerprint density at radius 3 is 2.53 bits per heavy atom. The minimum Gasteiger partial charge on any atom is -0.505 e. The van der Waals surface area contributed by atoms with Crippen molar-refractivity contribution < 1.29 is 5.11 Å². The number of hydrogen-bond donors (Lipinski definition) is 2. The van der Waals surface area contributed by atoms with Crippen LogP contribution >= 0.6 is 0 Å². The Kier molecular flexibility index (Phi) is 3.55. The van der Waals surface area contributed by atoms with Crippen LogP contribution in [0, 0.1) is 0 Å². The van der Waals surface area contributed by atoms with Gasteiger partial charge in [-0.05, 0) is 12.1 Å². The predicted molar refractivity (Wildman–Crippen MR) is 63.8 cm³/mol. The first-order chi connectivity index (χ1) is 7.11. The Morgan fingerprint density at radius 1 is 1.40 bits per heavy atom. The van der Waals surface area contributed by atoms with Crippen LogP contribution in [0.25, 0.3) is 0 Å². The highest BCUT2D eigenvalue weighted by Gasteiger charge is 2.12. The number of para-hydroxylation sites is 1. The summed E-state index contributed by atoms with van der Waals surface area (Å²) in [5, 5.41) is 12.9. The summed E-state index contributed by atoms with van der Waals surface area (Å²) in [6.45, 7) is 0. The van der Waals surface area contributed by atoms with E-state index >= 15 is 0 Å². The van der Waals surface area contributed by atoms with Crippen molar-refractivity contribution in [3.63, 3.8) is 0 Å². The highest BCUT2D eigenvalue weighted by atomic mass is 16.3. The fraction of sp³-hybridized carbons (Fsp3) is 0.364. The number of phenols is 1. The number of benzene rings is 1. The smallest absolute Gasteiger partial charge is 0.149 e. The summed E-state index contributed by atoms with van der Waals surface area (Å²) in [6.07, 6.45) is 0. The van der Waals surface area contributed by atoms with Crippen LogP contribution < -0.4 is 5.32 Å². The largest absolute Gasteiger partial charge is 0.505 e. The molecule has 4 heteroatoms. The maximum atomic E-state index is 9.97. The van der Waals surface area contributed by atoms with Gasteiger partial charge < -0.3 is 15.3 Å². The molecule has 0 aliphatic carbocycles. The van der Waals surface area contributed by atoms with Crippen LogP contribution in [0.4, 0.5) is 5.69 Å². The van der Waals surface area contributed by atoms with Gasteiger partial charge >= 0.3 is 0 Å². The molecule has 0 saturated carbocycles. The summed E-state index contributed by atoms with van der Waals surface area (Å²) in [5.41, 5.74) is 1.44. The summed E-state index contributed by atoms with van der Waals surface area (Å²) in [7, 11) is 7.28. The van der Waals surface area contributed by atoms with Crippen LogP contribution in [0.3, 0.4) is 0 Å². The number of aliphatic imine (C=N–C) groups is 1. The quantitative estimate of drug-likeness (QED) is 0.437. The third kappa shape index (κ3) is 2.21. The van der Waals surface area contributed by atoms with Gasteiger partial charge in [0.25, 0.3) is 0 Å². The molecule has 0 aliphatic rings. The number of rotatable bonds is 2. The van der Waals surface area contributed by atoms with Crippen molar-refractivity contribution in [2.45, 2.75) is 0 Å². The average molecular weight is 207 g/mol. The molecule has 0 bridgehead atoms. The van der Waals surface area contributed by atoms with Crippen LogP contribution in [-0.2, 0) is 0 Å². The van der Waals surface area contributed by atoms with Crippen molar-refractivity contribution in [1.29, 1.82) is 0 Å². The van der Waals surface area contributed by atoms with E-state index in [2.05, 4.69) is 10.3 Å². The molecule has 4 nitrogen and oxygen atoms in total. The van der Waals surface area contributed by atoms with Gasteiger partial charge in [-0.3, -0.25) is 4.99 Å². The number of amidine groups is 1. The molecule has 0 saturated heterocycles.